The van der Waals surface area contributed by atoms with Gasteiger partial charge in [-0.25, -0.2) is 0 Å². The lowest BCUT2D eigenvalue weighted by atomic mass is 10.0. The second-order valence-electron chi connectivity index (χ2n) is 4.62. The molecule has 1 rings (SSSR count). The van der Waals surface area contributed by atoms with Crippen LogP contribution in [0.1, 0.15) is 39.0 Å². The van der Waals surface area contributed by atoms with Crippen LogP contribution in [0.5, 0.6) is 0 Å². The summed E-state index contributed by atoms with van der Waals surface area (Å²) in [5, 5.41) is 3.00. The first-order valence-corrected chi connectivity index (χ1v) is 6.27. The van der Waals surface area contributed by atoms with Gasteiger partial charge in [0.2, 0.25) is 5.91 Å². The van der Waals surface area contributed by atoms with Crippen LogP contribution in [0.15, 0.2) is 0 Å². The zero-order valence-electron chi connectivity index (χ0n) is 10.3. The zero-order chi connectivity index (χ0) is 11.9. The number of amides is 1. The van der Waals surface area contributed by atoms with Crippen molar-refractivity contribution in [2.75, 3.05) is 26.3 Å². The van der Waals surface area contributed by atoms with Crippen molar-refractivity contribution in [3.8, 4) is 0 Å². The second kappa shape index (κ2) is 6.86. The Morgan fingerprint density at radius 2 is 2.25 bits per heavy atom. The number of carbonyl (C=O) groups excluding carboxylic acids is 1. The van der Waals surface area contributed by atoms with E-state index >= 15 is 0 Å². The number of ether oxygens (including phenoxy) is 1. The summed E-state index contributed by atoms with van der Waals surface area (Å²) < 4.78 is 5.18. The Balaban J connectivity index is 2.02. The molecule has 0 unspecified atom stereocenters. The molecule has 4 nitrogen and oxygen atoms in total. The van der Waals surface area contributed by atoms with Crippen LogP contribution in [0.25, 0.3) is 0 Å². The lowest BCUT2D eigenvalue weighted by Crippen LogP contribution is -2.31. The summed E-state index contributed by atoms with van der Waals surface area (Å²) >= 11 is 0. The number of hydrogen-bond acceptors (Lipinski definition) is 3. The Morgan fingerprint density at radius 1 is 1.50 bits per heavy atom. The van der Waals surface area contributed by atoms with Crippen molar-refractivity contribution in [3.63, 3.8) is 0 Å². The molecule has 0 aliphatic heterocycles. The average Bonchev–Trinajstić information content (AvgIpc) is 3.03. The monoisotopic (exact) mass is 228 g/mol. The van der Waals surface area contributed by atoms with E-state index in [0.717, 1.165) is 32.5 Å². The van der Waals surface area contributed by atoms with Crippen molar-refractivity contribution < 1.29 is 9.53 Å². The molecule has 0 atom stereocenters. The van der Waals surface area contributed by atoms with Gasteiger partial charge in [0.1, 0.15) is 0 Å². The van der Waals surface area contributed by atoms with Crippen LogP contribution in [-0.2, 0) is 9.53 Å². The van der Waals surface area contributed by atoms with Crippen LogP contribution in [-0.4, -0.2) is 32.2 Å². The van der Waals surface area contributed by atoms with E-state index in [9.17, 15) is 4.79 Å². The van der Waals surface area contributed by atoms with Gasteiger partial charge in [0, 0.05) is 26.2 Å². The van der Waals surface area contributed by atoms with Gasteiger partial charge in [-0.3, -0.25) is 4.79 Å². The van der Waals surface area contributed by atoms with E-state index < -0.39 is 0 Å². The molecule has 0 bridgehead atoms. The van der Waals surface area contributed by atoms with Gasteiger partial charge < -0.3 is 15.8 Å². The maximum Gasteiger partial charge on any atom is 0.220 e. The third-order valence-corrected chi connectivity index (χ3v) is 3.19. The number of nitrogens with two attached hydrogens (primary N) is 1. The summed E-state index contributed by atoms with van der Waals surface area (Å²) in [5.74, 6) is 0.142. The molecule has 16 heavy (non-hydrogen) atoms. The maximum absolute atomic E-state index is 11.5. The molecule has 0 heterocycles. The van der Waals surface area contributed by atoms with Gasteiger partial charge in [0.05, 0.1) is 0 Å². The molecule has 1 fully saturated rings. The van der Waals surface area contributed by atoms with Crippen LogP contribution in [0.2, 0.25) is 0 Å². The first-order valence-electron chi connectivity index (χ1n) is 6.27. The normalized spacial score (nSPS) is 17.1. The van der Waals surface area contributed by atoms with Gasteiger partial charge in [-0.2, -0.15) is 0 Å². The standard InChI is InChI=1S/C12H24N2O2/c1-2-16-9-3-4-11(15)14-10-12(5-6-12)7-8-13/h2-10,13H2,1H3,(H,14,15). The number of hydrogen-bond donors (Lipinski definition) is 2. The van der Waals surface area contributed by atoms with Gasteiger partial charge in [-0.15, -0.1) is 0 Å². The largest absolute Gasteiger partial charge is 0.382 e. The predicted molar refractivity (Wildman–Crippen MR) is 64.1 cm³/mol. The molecule has 0 saturated heterocycles. The van der Waals surface area contributed by atoms with Crippen molar-refractivity contribution in [3.05, 3.63) is 0 Å². The summed E-state index contributed by atoms with van der Waals surface area (Å²) in [6.07, 6.45) is 4.83. The summed E-state index contributed by atoms with van der Waals surface area (Å²) in [5.41, 5.74) is 5.88. The van der Waals surface area contributed by atoms with E-state index in [4.69, 9.17) is 10.5 Å². The van der Waals surface area contributed by atoms with Crippen molar-refractivity contribution >= 4 is 5.91 Å². The van der Waals surface area contributed by atoms with Gasteiger partial charge >= 0.3 is 0 Å². The van der Waals surface area contributed by atoms with Gasteiger partial charge in [0.15, 0.2) is 0 Å². The highest BCUT2D eigenvalue weighted by atomic mass is 16.5. The van der Waals surface area contributed by atoms with E-state index in [1.54, 1.807) is 0 Å². The SMILES string of the molecule is CCOCCCC(=O)NCC1(CCN)CC1. The maximum atomic E-state index is 11.5. The third kappa shape index (κ3) is 4.94. The minimum absolute atomic E-state index is 0.142. The molecule has 1 aliphatic rings. The van der Waals surface area contributed by atoms with Gasteiger partial charge in [-0.05, 0) is 44.6 Å². The fourth-order valence-electron chi connectivity index (χ4n) is 1.85. The first kappa shape index (κ1) is 13.5. The molecule has 1 aliphatic carbocycles. The summed E-state index contributed by atoms with van der Waals surface area (Å²) in [7, 11) is 0. The molecule has 1 amide bonds. The highest BCUT2D eigenvalue weighted by Crippen LogP contribution is 2.47. The van der Waals surface area contributed by atoms with E-state index in [2.05, 4.69) is 5.32 Å². The topological polar surface area (TPSA) is 64.3 Å². The molecule has 0 aromatic carbocycles. The predicted octanol–water partition coefficient (Wildman–Crippen LogP) is 1.05. The molecule has 0 spiro atoms. The summed E-state index contributed by atoms with van der Waals surface area (Å²) in [6, 6.07) is 0. The zero-order valence-corrected chi connectivity index (χ0v) is 10.3. The van der Waals surface area contributed by atoms with E-state index in [-0.39, 0.29) is 5.91 Å². The highest BCUT2D eigenvalue weighted by molar-refractivity contribution is 5.75. The molecule has 1 saturated carbocycles. The quantitative estimate of drug-likeness (QED) is 0.580. The second-order valence-corrected chi connectivity index (χ2v) is 4.62. The van der Waals surface area contributed by atoms with E-state index in [1.165, 1.54) is 12.8 Å². The Hall–Kier alpha value is -0.610. The molecular weight excluding hydrogens is 204 g/mol. The molecule has 94 valence electrons. The van der Waals surface area contributed by atoms with Crippen LogP contribution in [0.4, 0.5) is 0 Å². The van der Waals surface area contributed by atoms with E-state index in [1.807, 2.05) is 6.92 Å². The lowest BCUT2D eigenvalue weighted by molar-refractivity contribution is -0.121. The molecule has 0 aromatic heterocycles. The Morgan fingerprint density at radius 3 is 2.81 bits per heavy atom. The third-order valence-electron chi connectivity index (χ3n) is 3.19. The molecule has 0 aromatic rings. The fraction of sp³-hybridized carbons (Fsp3) is 0.917. The van der Waals surface area contributed by atoms with Crippen LogP contribution in [0, 0.1) is 5.41 Å². The Labute approximate surface area is 97.9 Å². The van der Waals surface area contributed by atoms with Gasteiger partial charge in [0.25, 0.3) is 0 Å². The average molecular weight is 228 g/mol. The molecule has 0 radical (unpaired) electrons. The van der Waals surface area contributed by atoms with E-state index in [0.29, 0.717) is 18.4 Å². The smallest absolute Gasteiger partial charge is 0.220 e. The summed E-state index contributed by atoms with van der Waals surface area (Å²) in [6.45, 7) is 4.89. The molecular formula is C12H24N2O2. The number of carbonyl (C=O) groups is 1. The highest BCUT2D eigenvalue weighted by Gasteiger charge is 2.41. The van der Waals surface area contributed by atoms with Crippen molar-refractivity contribution in [2.24, 2.45) is 11.1 Å². The van der Waals surface area contributed by atoms with Crippen molar-refractivity contribution in [2.45, 2.75) is 39.0 Å². The minimum Gasteiger partial charge on any atom is -0.382 e. The summed E-state index contributed by atoms with van der Waals surface area (Å²) in [4.78, 5) is 11.5. The first-order chi connectivity index (χ1) is 7.72. The van der Waals surface area contributed by atoms with Crippen molar-refractivity contribution in [1.29, 1.82) is 0 Å². The molecule has 3 N–H and O–H groups in total. The number of rotatable bonds is 9. The fourth-order valence-corrected chi connectivity index (χ4v) is 1.85. The van der Waals surface area contributed by atoms with Crippen LogP contribution < -0.4 is 11.1 Å². The Bertz CT molecular complexity index is 215. The van der Waals surface area contributed by atoms with Crippen LogP contribution in [0.3, 0.4) is 0 Å². The molecule has 4 heteroatoms. The minimum atomic E-state index is 0.142. The Kier molecular flexibility index (Phi) is 5.77. The lowest BCUT2D eigenvalue weighted by Gasteiger charge is -2.14. The van der Waals surface area contributed by atoms with Crippen molar-refractivity contribution in [1.82, 2.24) is 5.32 Å². The van der Waals surface area contributed by atoms with Crippen LogP contribution >= 0.6 is 0 Å². The number of nitrogens with one attached hydrogen (secondary N) is 1. The van der Waals surface area contributed by atoms with Gasteiger partial charge in [-0.1, -0.05) is 0 Å².